The Labute approximate surface area is 127 Å². The molecule has 2 aromatic carbocycles. The van der Waals surface area contributed by atoms with Crippen LogP contribution in [0.5, 0.6) is 5.75 Å². The highest BCUT2D eigenvalue weighted by Crippen LogP contribution is 2.29. The first kappa shape index (κ1) is 14.1. The summed E-state index contributed by atoms with van der Waals surface area (Å²) in [6, 6.07) is 14.9. The maximum atomic E-state index is 11.5. The molecule has 0 spiro atoms. The maximum absolute atomic E-state index is 11.5. The summed E-state index contributed by atoms with van der Waals surface area (Å²) < 4.78 is 5.84. The van der Waals surface area contributed by atoms with E-state index in [0.29, 0.717) is 34.5 Å². The second-order valence-electron chi connectivity index (χ2n) is 5.07. The molecule has 0 fully saturated rings. The number of nitrogens with one attached hydrogen (secondary N) is 1. The Bertz CT molecular complexity index is 834. The summed E-state index contributed by atoms with van der Waals surface area (Å²) in [4.78, 5) is 25.7. The van der Waals surface area contributed by atoms with Crippen molar-refractivity contribution in [1.29, 1.82) is 0 Å². The molecule has 1 N–H and O–H groups in total. The number of H-pyrrole nitrogens is 1. The lowest BCUT2D eigenvalue weighted by Gasteiger charge is -2.08. The highest BCUT2D eigenvalue weighted by atomic mass is 16.5. The lowest BCUT2D eigenvalue weighted by Crippen LogP contribution is -1.96. The van der Waals surface area contributed by atoms with Gasteiger partial charge in [-0.3, -0.25) is 9.59 Å². The highest BCUT2D eigenvalue weighted by Gasteiger charge is 2.12. The molecule has 4 nitrogen and oxygen atoms in total. The number of hydrogen-bond acceptors (Lipinski definition) is 3. The molecule has 3 aromatic rings. The number of Topliss-reactive ketones (excluding diaryl/α,β-unsaturated/α-hetero) is 1. The van der Waals surface area contributed by atoms with Gasteiger partial charge in [-0.1, -0.05) is 30.3 Å². The molecule has 0 bridgehead atoms. The number of aromatic nitrogens is 1. The Hall–Kier alpha value is -2.88. The second kappa shape index (κ2) is 5.85. The minimum Gasteiger partial charge on any atom is -0.487 e. The van der Waals surface area contributed by atoms with E-state index in [-0.39, 0.29) is 5.78 Å². The van der Waals surface area contributed by atoms with Crippen LogP contribution in [-0.2, 0) is 6.61 Å². The normalized spacial score (nSPS) is 10.6. The van der Waals surface area contributed by atoms with Crippen LogP contribution in [0.4, 0.5) is 0 Å². The second-order valence-corrected chi connectivity index (χ2v) is 5.07. The zero-order valence-corrected chi connectivity index (χ0v) is 12.1. The Morgan fingerprint density at radius 1 is 1.18 bits per heavy atom. The van der Waals surface area contributed by atoms with E-state index in [1.54, 1.807) is 18.2 Å². The number of hydrogen-bond donors (Lipinski definition) is 1. The minimum atomic E-state index is -0.0814. The predicted octanol–water partition coefficient (Wildman–Crippen LogP) is 3.76. The maximum Gasteiger partial charge on any atom is 0.175 e. The number of rotatable bonds is 5. The summed E-state index contributed by atoms with van der Waals surface area (Å²) in [7, 11) is 0. The average molecular weight is 293 g/mol. The van der Waals surface area contributed by atoms with Gasteiger partial charge in [0.15, 0.2) is 12.1 Å². The smallest absolute Gasteiger partial charge is 0.175 e. The van der Waals surface area contributed by atoms with E-state index in [1.165, 1.54) is 6.92 Å². The number of carbonyl (C=O) groups is 2. The number of benzene rings is 2. The number of fused-ring (bicyclic) bond motifs is 1. The van der Waals surface area contributed by atoms with E-state index in [9.17, 15) is 9.59 Å². The topological polar surface area (TPSA) is 59.2 Å². The summed E-state index contributed by atoms with van der Waals surface area (Å²) >= 11 is 0. The van der Waals surface area contributed by atoms with Crippen molar-refractivity contribution in [2.24, 2.45) is 0 Å². The molecule has 0 saturated carbocycles. The predicted molar refractivity (Wildman–Crippen MR) is 84.5 cm³/mol. The first-order valence-electron chi connectivity index (χ1n) is 6.97. The number of ketones is 1. The Morgan fingerprint density at radius 3 is 2.64 bits per heavy atom. The van der Waals surface area contributed by atoms with Crippen molar-refractivity contribution in [3.63, 3.8) is 0 Å². The molecule has 0 aliphatic carbocycles. The van der Waals surface area contributed by atoms with Crippen LogP contribution in [0.1, 0.15) is 33.3 Å². The van der Waals surface area contributed by atoms with E-state index in [1.807, 2.05) is 30.3 Å². The van der Waals surface area contributed by atoms with Crippen LogP contribution in [0.25, 0.3) is 10.9 Å². The summed E-state index contributed by atoms with van der Waals surface area (Å²) in [5, 5.41) is 0.700. The molecule has 0 aliphatic heterocycles. The van der Waals surface area contributed by atoms with Gasteiger partial charge in [-0.25, -0.2) is 0 Å². The molecule has 110 valence electrons. The molecular formula is C18H15NO3. The average Bonchev–Trinajstić information content (AvgIpc) is 2.99. The third-order valence-corrected chi connectivity index (χ3v) is 3.53. The van der Waals surface area contributed by atoms with Crippen molar-refractivity contribution in [1.82, 2.24) is 4.98 Å². The monoisotopic (exact) mass is 293 g/mol. The Kier molecular flexibility index (Phi) is 3.74. The third kappa shape index (κ3) is 2.63. The largest absolute Gasteiger partial charge is 0.487 e. The van der Waals surface area contributed by atoms with Crippen molar-refractivity contribution >= 4 is 23.0 Å². The number of ether oxygens (including phenoxy) is 1. The van der Waals surface area contributed by atoms with Crippen molar-refractivity contribution < 1.29 is 14.3 Å². The van der Waals surface area contributed by atoms with E-state index in [4.69, 9.17) is 4.74 Å². The van der Waals surface area contributed by atoms with Gasteiger partial charge < -0.3 is 9.72 Å². The van der Waals surface area contributed by atoms with E-state index in [2.05, 4.69) is 4.98 Å². The number of carbonyl (C=O) groups excluding carboxylic acids is 2. The van der Waals surface area contributed by atoms with Gasteiger partial charge in [0.2, 0.25) is 0 Å². The van der Waals surface area contributed by atoms with Gasteiger partial charge in [-0.15, -0.1) is 0 Å². The molecule has 1 heterocycles. The molecular weight excluding hydrogens is 278 g/mol. The van der Waals surface area contributed by atoms with E-state index in [0.717, 1.165) is 11.8 Å². The molecule has 0 unspecified atom stereocenters. The van der Waals surface area contributed by atoms with Crippen molar-refractivity contribution in [3.05, 3.63) is 65.4 Å². The molecule has 0 saturated heterocycles. The first-order valence-corrected chi connectivity index (χ1v) is 6.97. The Morgan fingerprint density at radius 2 is 1.95 bits per heavy atom. The summed E-state index contributed by atoms with van der Waals surface area (Å²) in [6.07, 6.45) is 0.779. The van der Waals surface area contributed by atoms with Crippen molar-refractivity contribution in [3.8, 4) is 5.75 Å². The quantitative estimate of drug-likeness (QED) is 0.575. The van der Waals surface area contributed by atoms with Gasteiger partial charge in [0, 0.05) is 17.9 Å². The third-order valence-electron chi connectivity index (χ3n) is 3.53. The fourth-order valence-corrected chi connectivity index (χ4v) is 2.36. The van der Waals surface area contributed by atoms with Crippen LogP contribution in [-0.4, -0.2) is 17.1 Å². The van der Waals surface area contributed by atoms with E-state index < -0.39 is 0 Å². The molecule has 0 aliphatic rings. The van der Waals surface area contributed by atoms with Gasteiger partial charge in [0.05, 0.1) is 11.2 Å². The molecule has 22 heavy (non-hydrogen) atoms. The van der Waals surface area contributed by atoms with Gasteiger partial charge in [-0.05, 0) is 23.8 Å². The van der Waals surface area contributed by atoms with Crippen LogP contribution >= 0.6 is 0 Å². The van der Waals surface area contributed by atoms with Crippen LogP contribution in [0.15, 0.2) is 48.5 Å². The lowest BCUT2D eigenvalue weighted by molar-refractivity contribution is 0.101. The van der Waals surface area contributed by atoms with Crippen LogP contribution in [0.2, 0.25) is 0 Å². The van der Waals surface area contributed by atoms with Gasteiger partial charge in [0.25, 0.3) is 0 Å². The number of aldehydes is 1. The highest BCUT2D eigenvalue weighted by molar-refractivity contribution is 6.05. The fourth-order valence-electron chi connectivity index (χ4n) is 2.36. The Balaban J connectivity index is 1.99. The minimum absolute atomic E-state index is 0.0814. The van der Waals surface area contributed by atoms with E-state index >= 15 is 0 Å². The lowest BCUT2D eigenvalue weighted by atomic mass is 10.1. The molecule has 4 heteroatoms. The molecule has 0 radical (unpaired) electrons. The summed E-state index contributed by atoms with van der Waals surface area (Å²) in [5.74, 6) is 0.541. The standard InChI is InChI=1S/C18H15NO3/c1-12(21)16-9-15-14(10-20)7-8-17(18(15)19-16)22-11-13-5-3-2-4-6-13/h2-10,19H,11H2,1H3. The summed E-state index contributed by atoms with van der Waals surface area (Å²) in [5.41, 5.74) is 2.72. The van der Waals surface area contributed by atoms with Crippen molar-refractivity contribution in [2.75, 3.05) is 0 Å². The van der Waals surface area contributed by atoms with Crippen LogP contribution < -0.4 is 4.74 Å². The summed E-state index contributed by atoms with van der Waals surface area (Å²) in [6.45, 7) is 1.90. The molecule has 0 atom stereocenters. The zero-order chi connectivity index (χ0) is 15.5. The first-order chi connectivity index (χ1) is 10.7. The molecule has 3 rings (SSSR count). The zero-order valence-electron chi connectivity index (χ0n) is 12.1. The van der Waals surface area contributed by atoms with Crippen LogP contribution in [0, 0.1) is 0 Å². The molecule has 0 amide bonds. The van der Waals surface area contributed by atoms with Gasteiger partial charge in [-0.2, -0.15) is 0 Å². The fraction of sp³-hybridized carbons (Fsp3) is 0.111. The van der Waals surface area contributed by atoms with Gasteiger partial charge >= 0.3 is 0 Å². The SMILES string of the molecule is CC(=O)c1cc2c(C=O)ccc(OCc3ccccc3)c2[nH]1. The van der Waals surface area contributed by atoms with Gasteiger partial charge in [0.1, 0.15) is 12.4 Å². The molecule has 1 aromatic heterocycles. The van der Waals surface area contributed by atoms with Crippen molar-refractivity contribution in [2.45, 2.75) is 13.5 Å². The number of aromatic amines is 1. The van der Waals surface area contributed by atoms with Crippen LogP contribution in [0.3, 0.4) is 0 Å².